The lowest BCUT2D eigenvalue weighted by atomic mass is 9.99. The van der Waals surface area contributed by atoms with E-state index in [0.29, 0.717) is 0 Å². The van der Waals surface area contributed by atoms with E-state index in [1.807, 2.05) is 32.1 Å². The van der Waals surface area contributed by atoms with Gasteiger partial charge in [0.25, 0.3) is 0 Å². The van der Waals surface area contributed by atoms with Crippen LogP contribution in [0.3, 0.4) is 0 Å². The summed E-state index contributed by atoms with van der Waals surface area (Å²) in [5, 5.41) is 12.9. The minimum atomic E-state index is -0.344. The molecule has 0 amide bonds. The van der Waals surface area contributed by atoms with E-state index in [4.69, 9.17) is 0 Å². The van der Waals surface area contributed by atoms with Gasteiger partial charge in [0, 0.05) is 21.8 Å². The molecule has 1 aromatic rings. The SMILES string of the molecule is CCc1ccc(CNC(C)(C)C(C)O)s1. The Morgan fingerprint density at radius 1 is 1.40 bits per heavy atom. The average Bonchev–Trinajstić information content (AvgIpc) is 2.62. The molecule has 1 rings (SSSR count). The van der Waals surface area contributed by atoms with Gasteiger partial charge in [-0.3, -0.25) is 0 Å². The van der Waals surface area contributed by atoms with Gasteiger partial charge in [-0.25, -0.2) is 0 Å². The molecule has 15 heavy (non-hydrogen) atoms. The van der Waals surface area contributed by atoms with Crippen molar-refractivity contribution in [2.45, 2.75) is 52.3 Å². The smallest absolute Gasteiger partial charge is 0.0688 e. The normalized spacial score (nSPS) is 14.2. The molecule has 3 heteroatoms. The Hall–Kier alpha value is -0.380. The molecule has 2 N–H and O–H groups in total. The van der Waals surface area contributed by atoms with Gasteiger partial charge in [-0.15, -0.1) is 11.3 Å². The van der Waals surface area contributed by atoms with Crippen molar-refractivity contribution < 1.29 is 5.11 Å². The van der Waals surface area contributed by atoms with Crippen LogP contribution < -0.4 is 5.32 Å². The molecule has 0 aliphatic heterocycles. The molecule has 2 nitrogen and oxygen atoms in total. The monoisotopic (exact) mass is 227 g/mol. The Balaban J connectivity index is 2.50. The molecule has 0 aliphatic carbocycles. The Labute approximate surface area is 96.3 Å². The van der Waals surface area contributed by atoms with Crippen molar-refractivity contribution in [2.75, 3.05) is 0 Å². The number of hydrogen-bond acceptors (Lipinski definition) is 3. The van der Waals surface area contributed by atoms with Crippen LogP contribution in [0.5, 0.6) is 0 Å². The van der Waals surface area contributed by atoms with Gasteiger partial charge in [-0.05, 0) is 39.3 Å². The molecule has 0 saturated heterocycles. The lowest BCUT2D eigenvalue weighted by Gasteiger charge is -2.29. The van der Waals surface area contributed by atoms with Crippen molar-refractivity contribution in [2.24, 2.45) is 0 Å². The van der Waals surface area contributed by atoms with Gasteiger partial charge in [0.1, 0.15) is 0 Å². The van der Waals surface area contributed by atoms with Crippen LogP contribution in [0.25, 0.3) is 0 Å². The zero-order valence-electron chi connectivity index (χ0n) is 10.0. The van der Waals surface area contributed by atoms with Gasteiger partial charge in [-0.2, -0.15) is 0 Å². The molecule has 0 aliphatic rings. The number of nitrogens with one attached hydrogen (secondary N) is 1. The topological polar surface area (TPSA) is 32.3 Å². The van der Waals surface area contributed by atoms with Gasteiger partial charge >= 0.3 is 0 Å². The number of hydrogen-bond donors (Lipinski definition) is 2. The van der Waals surface area contributed by atoms with Crippen molar-refractivity contribution >= 4 is 11.3 Å². The minimum Gasteiger partial charge on any atom is -0.392 e. The largest absolute Gasteiger partial charge is 0.392 e. The molecule has 0 aromatic carbocycles. The molecule has 1 atom stereocenters. The summed E-state index contributed by atoms with van der Waals surface area (Å²) in [4.78, 5) is 2.75. The highest BCUT2D eigenvalue weighted by Crippen LogP contribution is 2.18. The summed E-state index contributed by atoms with van der Waals surface area (Å²) < 4.78 is 0. The molecule has 0 spiro atoms. The van der Waals surface area contributed by atoms with E-state index in [0.717, 1.165) is 13.0 Å². The van der Waals surface area contributed by atoms with Crippen molar-refractivity contribution in [3.63, 3.8) is 0 Å². The molecule has 0 fully saturated rings. The van der Waals surface area contributed by atoms with Gasteiger partial charge < -0.3 is 10.4 Å². The fraction of sp³-hybridized carbons (Fsp3) is 0.667. The summed E-state index contributed by atoms with van der Waals surface area (Å²) in [5.74, 6) is 0. The van der Waals surface area contributed by atoms with E-state index in [2.05, 4.69) is 24.4 Å². The Kier molecular flexibility index (Phi) is 4.32. The number of thiophene rings is 1. The summed E-state index contributed by atoms with van der Waals surface area (Å²) in [6.07, 6.45) is 0.757. The third-order valence-electron chi connectivity index (χ3n) is 2.83. The van der Waals surface area contributed by atoms with Crippen molar-refractivity contribution in [3.8, 4) is 0 Å². The predicted molar refractivity (Wildman–Crippen MR) is 66.3 cm³/mol. The quantitative estimate of drug-likeness (QED) is 0.810. The lowest BCUT2D eigenvalue weighted by molar-refractivity contribution is 0.0958. The van der Waals surface area contributed by atoms with Crippen molar-refractivity contribution in [1.82, 2.24) is 5.32 Å². The predicted octanol–water partition coefficient (Wildman–Crippen LogP) is 2.56. The molecule has 1 unspecified atom stereocenters. The summed E-state index contributed by atoms with van der Waals surface area (Å²) in [7, 11) is 0. The second kappa shape index (κ2) is 5.10. The zero-order valence-corrected chi connectivity index (χ0v) is 10.8. The van der Waals surface area contributed by atoms with Gasteiger partial charge in [0.15, 0.2) is 0 Å². The third-order valence-corrected chi connectivity index (χ3v) is 4.06. The van der Waals surface area contributed by atoms with Crippen LogP contribution in [-0.4, -0.2) is 16.7 Å². The Bertz CT molecular complexity index is 304. The molecule has 0 saturated carbocycles. The first-order chi connectivity index (χ1) is 6.95. The first kappa shape index (κ1) is 12.7. The van der Waals surface area contributed by atoms with E-state index < -0.39 is 0 Å². The van der Waals surface area contributed by atoms with E-state index in [1.165, 1.54) is 9.75 Å². The highest BCUT2D eigenvalue weighted by atomic mass is 32.1. The van der Waals surface area contributed by atoms with Crippen LogP contribution in [-0.2, 0) is 13.0 Å². The molecular formula is C12H21NOS. The maximum atomic E-state index is 9.55. The van der Waals surface area contributed by atoms with E-state index in [-0.39, 0.29) is 11.6 Å². The van der Waals surface area contributed by atoms with Crippen LogP contribution in [0.2, 0.25) is 0 Å². The van der Waals surface area contributed by atoms with Crippen molar-refractivity contribution in [1.29, 1.82) is 0 Å². The molecule has 1 heterocycles. The summed E-state index contributed by atoms with van der Waals surface area (Å²) >= 11 is 1.84. The zero-order chi connectivity index (χ0) is 11.5. The van der Waals surface area contributed by atoms with Crippen LogP contribution in [0.1, 0.15) is 37.4 Å². The van der Waals surface area contributed by atoms with E-state index in [9.17, 15) is 5.11 Å². The first-order valence-electron chi connectivity index (χ1n) is 5.46. The molecular weight excluding hydrogens is 206 g/mol. The number of aliphatic hydroxyl groups is 1. The highest BCUT2D eigenvalue weighted by molar-refractivity contribution is 7.11. The standard InChI is InChI=1S/C12H21NOS/c1-5-10-6-7-11(15-10)8-13-12(3,4)9(2)14/h6-7,9,13-14H,5,8H2,1-4H3. The summed E-state index contributed by atoms with van der Waals surface area (Å²) in [6, 6.07) is 4.34. The fourth-order valence-electron chi connectivity index (χ4n) is 1.17. The molecule has 0 radical (unpaired) electrons. The second-order valence-electron chi connectivity index (χ2n) is 4.47. The maximum absolute atomic E-state index is 9.55. The van der Waals surface area contributed by atoms with Crippen LogP contribution >= 0.6 is 11.3 Å². The maximum Gasteiger partial charge on any atom is 0.0688 e. The van der Waals surface area contributed by atoms with E-state index >= 15 is 0 Å². The summed E-state index contributed by atoms with van der Waals surface area (Å²) in [6.45, 7) is 8.86. The Morgan fingerprint density at radius 2 is 2.00 bits per heavy atom. The van der Waals surface area contributed by atoms with Crippen LogP contribution in [0, 0.1) is 0 Å². The van der Waals surface area contributed by atoms with Crippen LogP contribution in [0.15, 0.2) is 12.1 Å². The van der Waals surface area contributed by atoms with Gasteiger partial charge in [-0.1, -0.05) is 6.92 Å². The first-order valence-corrected chi connectivity index (χ1v) is 6.28. The molecule has 1 aromatic heterocycles. The Morgan fingerprint density at radius 3 is 2.47 bits per heavy atom. The third kappa shape index (κ3) is 3.59. The van der Waals surface area contributed by atoms with Crippen LogP contribution in [0.4, 0.5) is 0 Å². The summed E-state index contributed by atoms with van der Waals surface area (Å²) in [5.41, 5.74) is -0.226. The lowest BCUT2D eigenvalue weighted by Crippen LogP contribution is -2.47. The fourth-order valence-corrected chi connectivity index (χ4v) is 2.07. The van der Waals surface area contributed by atoms with E-state index in [1.54, 1.807) is 0 Å². The second-order valence-corrected chi connectivity index (χ2v) is 5.73. The average molecular weight is 227 g/mol. The molecule has 0 bridgehead atoms. The number of aryl methyl sites for hydroxylation is 1. The number of aliphatic hydroxyl groups excluding tert-OH is 1. The minimum absolute atomic E-state index is 0.226. The number of rotatable bonds is 5. The van der Waals surface area contributed by atoms with Gasteiger partial charge in [0.05, 0.1) is 6.10 Å². The highest BCUT2D eigenvalue weighted by Gasteiger charge is 2.22. The van der Waals surface area contributed by atoms with Gasteiger partial charge in [0.2, 0.25) is 0 Å². The molecule has 86 valence electrons. The van der Waals surface area contributed by atoms with Crippen molar-refractivity contribution in [3.05, 3.63) is 21.9 Å².